The SMILES string of the molecule is N#CCc1ccc(Oc2ccccc2CO)cc1. The van der Waals surface area contributed by atoms with E-state index in [0.717, 1.165) is 11.1 Å². The van der Waals surface area contributed by atoms with Gasteiger partial charge in [0.1, 0.15) is 11.5 Å². The zero-order chi connectivity index (χ0) is 12.8. The molecule has 0 aliphatic carbocycles. The number of aliphatic hydroxyl groups is 1. The monoisotopic (exact) mass is 239 g/mol. The molecule has 0 saturated carbocycles. The summed E-state index contributed by atoms with van der Waals surface area (Å²) in [5.41, 5.74) is 1.71. The molecule has 0 aromatic heterocycles. The normalized spacial score (nSPS) is 9.78. The van der Waals surface area contributed by atoms with Crippen LogP contribution in [-0.2, 0) is 13.0 Å². The van der Waals surface area contributed by atoms with Gasteiger partial charge >= 0.3 is 0 Å². The summed E-state index contributed by atoms with van der Waals surface area (Å²) in [6.07, 6.45) is 0.396. The lowest BCUT2D eigenvalue weighted by atomic mass is 10.1. The molecule has 0 aliphatic heterocycles. The second kappa shape index (κ2) is 5.85. The van der Waals surface area contributed by atoms with E-state index in [1.165, 1.54) is 0 Å². The maximum Gasteiger partial charge on any atom is 0.132 e. The number of para-hydroxylation sites is 1. The van der Waals surface area contributed by atoms with E-state index in [4.69, 9.17) is 10.00 Å². The first-order valence-electron chi connectivity index (χ1n) is 5.66. The van der Waals surface area contributed by atoms with Crippen LogP contribution in [0.15, 0.2) is 48.5 Å². The lowest BCUT2D eigenvalue weighted by Crippen LogP contribution is -1.91. The lowest BCUT2D eigenvalue weighted by Gasteiger charge is -2.09. The molecule has 0 heterocycles. The fraction of sp³-hybridized carbons (Fsp3) is 0.133. The summed E-state index contributed by atoms with van der Waals surface area (Å²) in [6.45, 7) is -0.0529. The molecule has 0 radical (unpaired) electrons. The molecule has 0 aliphatic rings. The summed E-state index contributed by atoms with van der Waals surface area (Å²) in [7, 11) is 0. The van der Waals surface area contributed by atoms with E-state index in [1.54, 1.807) is 0 Å². The van der Waals surface area contributed by atoms with Gasteiger partial charge in [0.15, 0.2) is 0 Å². The molecule has 0 amide bonds. The number of nitrogens with zero attached hydrogens (tertiary/aromatic N) is 1. The predicted molar refractivity (Wildman–Crippen MR) is 68.2 cm³/mol. The highest BCUT2D eigenvalue weighted by Gasteiger charge is 2.03. The summed E-state index contributed by atoms with van der Waals surface area (Å²) >= 11 is 0. The van der Waals surface area contributed by atoms with Crippen molar-refractivity contribution in [3.05, 3.63) is 59.7 Å². The standard InChI is InChI=1S/C15H13NO2/c16-10-9-12-5-7-14(8-6-12)18-15-4-2-1-3-13(15)11-17/h1-8,17H,9,11H2. The van der Waals surface area contributed by atoms with E-state index in [1.807, 2.05) is 48.5 Å². The van der Waals surface area contributed by atoms with Crippen LogP contribution in [0.3, 0.4) is 0 Å². The molecule has 2 aromatic carbocycles. The third kappa shape index (κ3) is 2.88. The van der Waals surface area contributed by atoms with Crippen LogP contribution in [-0.4, -0.2) is 5.11 Å². The van der Waals surface area contributed by atoms with Crippen molar-refractivity contribution < 1.29 is 9.84 Å². The minimum Gasteiger partial charge on any atom is -0.457 e. The van der Waals surface area contributed by atoms with Crippen molar-refractivity contribution in [3.8, 4) is 17.6 Å². The van der Waals surface area contributed by atoms with Crippen LogP contribution in [0, 0.1) is 11.3 Å². The van der Waals surface area contributed by atoms with E-state index >= 15 is 0 Å². The molecule has 2 aromatic rings. The van der Waals surface area contributed by atoms with Gasteiger partial charge in [-0.05, 0) is 23.8 Å². The molecule has 90 valence electrons. The molecule has 2 rings (SSSR count). The number of hydrogen-bond donors (Lipinski definition) is 1. The molecule has 0 spiro atoms. The number of nitriles is 1. The maximum absolute atomic E-state index is 9.19. The second-order valence-electron chi connectivity index (χ2n) is 3.85. The van der Waals surface area contributed by atoms with Gasteiger partial charge in [0, 0.05) is 5.56 Å². The van der Waals surface area contributed by atoms with Gasteiger partial charge in [-0.15, -0.1) is 0 Å². The molecule has 18 heavy (non-hydrogen) atoms. The Labute approximate surface area is 106 Å². The van der Waals surface area contributed by atoms with Crippen molar-refractivity contribution in [2.45, 2.75) is 13.0 Å². The Balaban J connectivity index is 2.16. The number of benzene rings is 2. The average Bonchev–Trinajstić information content (AvgIpc) is 2.42. The van der Waals surface area contributed by atoms with Crippen LogP contribution < -0.4 is 4.74 Å². The van der Waals surface area contributed by atoms with Crippen molar-refractivity contribution in [2.24, 2.45) is 0 Å². The van der Waals surface area contributed by atoms with Gasteiger partial charge in [0.2, 0.25) is 0 Å². The number of rotatable bonds is 4. The van der Waals surface area contributed by atoms with Crippen molar-refractivity contribution in [1.82, 2.24) is 0 Å². The smallest absolute Gasteiger partial charge is 0.132 e. The Morgan fingerprint density at radius 3 is 2.44 bits per heavy atom. The van der Waals surface area contributed by atoms with Crippen molar-refractivity contribution in [3.63, 3.8) is 0 Å². The third-order valence-corrected chi connectivity index (χ3v) is 2.58. The summed E-state index contributed by atoms with van der Waals surface area (Å²) in [4.78, 5) is 0. The highest BCUT2D eigenvalue weighted by molar-refractivity contribution is 5.38. The molecule has 0 atom stereocenters. The molecular weight excluding hydrogens is 226 g/mol. The van der Waals surface area contributed by atoms with Crippen LogP contribution in [0.2, 0.25) is 0 Å². The van der Waals surface area contributed by atoms with Crippen LogP contribution in [0.4, 0.5) is 0 Å². The molecule has 0 bridgehead atoms. The molecular formula is C15H13NO2. The molecule has 0 fully saturated rings. The lowest BCUT2D eigenvalue weighted by molar-refractivity contribution is 0.276. The maximum atomic E-state index is 9.19. The van der Waals surface area contributed by atoms with Crippen LogP contribution in [0.5, 0.6) is 11.5 Å². The highest BCUT2D eigenvalue weighted by atomic mass is 16.5. The van der Waals surface area contributed by atoms with E-state index in [9.17, 15) is 5.11 Å². The molecule has 1 N–H and O–H groups in total. The first kappa shape index (κ1) is 12.2. The summed E-state index contributed by atoms with van der Waals surface area (Å²) in [5.74, 6) is 1.34. The van der Waals surface area contributed by atoms with Crippen molar-refractivity contribution >= 4 is 0 Å². The largest absolute Gasteiger partial charge is 0.457 e. The fourth-order valence-electron chi connectivity index (χ4n) is 1.63. The Morgan fingerprint density at radius 2 is 1.78 bits per heavy atom. The van der Waals surface area contributed by atoms with Crippen LogP contribution in [0.1, 0.15) is 11.1 Å². The second-order valence-corrected chi connectivity index (χ2v) is 3.85. The summed E-state index contributed by atoms with van der Waals surface area (Å²) in [5, 5.41) is 17.8. The molecule has 3 nitrogen and oxygen atoms in total. The Morgan fingerprint density at radius 1 is 1.06 bits per heavy atom. The first-order valence-corrected chi connectivity index (χ1v) is 5.66. The Bertz CT molecular complexity index is 555. The van der Waals surface area contributed by atoms with Crippen molar-refractivity contribution in [2.75, 3.05) is 0 Å². The van der Waals surface area contributed by atoms with E-state index < -0.39 is 0 Å². The average molecular weight is 239 g/mol. The Hall–Kier alpha value is -2.31. The van der Waals surface area contributed by atoms with Gasteiger partial charge < -0.3 is 9.84 Å². The topological polar surface area (TPSA) is 53.2 Å². The molecule has 0 saturated heterocycles. The number of ether oxygens (including phenoxy) is 1. The molecule has 3 heteroatoms. The van der Waals surface area contributed by atoms with Crippen LogP contribution >= 0.6 is 0 Å². The van der Waals surface area contributed by atoms with Gasteiger partial charge in [-0.2, -0.15) is 5.26 Å². The quantitative estimate of drug-likeness (QED) is 0.892. The van der Waals surface area contributed by atoms with Gasteiger partial charge in [-0.3, -0.25) is 0 Å². The first-order chi connectivity index (χ1) is 8.83. The van der Waals surface area contributed by atoms with Gasteiger partial charge in [-0.25, -0.2) is 0 Å². The van der Waals surface area contributed by atoms with Crippen LogP contribution in [0.25, 0.3) is 0 Å². The van der Waals surface area contributed by atoms with Gasteiger partial charge in [0.25, 0.3) is 0 Å². The number of hydrogen-bond acceptors (Lipinski definition) is 3. The zero-order valence-electron chi connectivity index (χ0n) is 9.84. The number of aliphatic hydroxyl groups excluding tert-OH is 1. The van der Waals surface area contributed by atoms with Gasteiger partial charge in [0.05, 0.1) is 19.1 Å². The third-order valence-electron chi connectivity index (χ3n) is 2.58. The fourth-order valence-corrected chi connectivity index (χ4v) is 1.63. The summed E-state index contributed by atoms with van der Waals surface area (Å²) in [6, 6.07) is 16.8. The van der Waals surface area contributed by atoms with E-state index in [0.29, 0.717) is 17.9 Å². The minimum atomic E-state index is -0.0529. The summed E-state index contributed by atoms with van der Waals surface area (Å²) < 4.78 is 5.69. The van der Waals surface area contributed by atoms with E-state index in [-0.39, 0.29) is 6.61 Å². The minimum absolute atomic E-state index is 0.0529. The van der Waals surface area contributed by atoms with Crippen molar-refractivity contribution in [1.29, 1.82) is 5.26 Å². The Kier molecular flexibility index (Phi) is 3.95. The predicted octanol–water partition coefficient (Wildman–Crippen LogP) is 3.04. The highest BCUT2D eigenvalue weighted by Crippen LogP contribution is 2.25. The van der Waals surface area contributed by atoms with E-state index in [2.05, 4.69) is 6.07 Å². The zero-order valence-corrected chi connectivity index (χ0v) is 9.84. The van der Waals surface area contributed by atoms with Gasteiger partial charge in [-0.1, -0.05) is 30.3 Å². The molecule has 0 unspecified atom stereocenters.